The lowest BCUT2D eigenvalue weighted by atomic mass is 9.88. The molecule has 0 amide bonds. The summed E-state index contributed by atoms with van der Waals surface area (Å²) in [5, 5.41) is -5.09. The number of hydrogen-bond acceptors (Lipinski definition) is 7. The van der Waals surface area contributed by atoms with Crippen LogP contribution < -0.4 is 0 Å². The van der Waals surface area contributed by atoms with E-state index in [9.17, 15) is 26.8 Å². The highest BCUT2D eigenvalue weighted by atomic mass is 32.2. The molecule has 112 valence electrons. The van der Waals surface area contributed by atoms with Gasteiger partial charge in [-0.1, -0.05) is 0 Å². The highest BCUT2D eigenvalue weighted by molar-refractivity contribution is 7.87. The largest absolute Gasteiger partial charge is 0.465 e. The topological polar surface area (TPSA) is 116 Å². The van der Waals surface area contributed by atoms with Crippen LogP contribution in [0.15, 0.2) is 0 Å². The second kappa shape index (κ2) is 3.86. The number of alkyl halides is 2. The molecular weight excluding hydrogens is 306 g/mol. The van der Waals surface area contributed by atoms with Crippen molar-refractivity contribution in [3.05, 3.63) is 0 Å². The molecule has 3 aliphatic heterocycles. The van der Waals surface area contributed by atoms with Gasteiger partial charge in [0.2, 0.25) is 0 Å². The minimum Gasteiger partial charge on any atom is -0.455 e. The minimum absolute atomic E-state index is 0.148. The maximum absolute atomic E-state index is 13.1. The smallest absolute Gasteiger partial charge is 0.455 e. The van der Waals surface area contributed by atoms with E-state index in [1.807, 2.05) is 0 Å². The molecule has 3 rings (SSSR count). The number of halogens is 2. The van der Waals surface area contributed by atoms with Gasteiger partial charge in [-0.15, -0.1) is 0 Å². The molecule has 0 aliphatic carbocycles. The van der Waals surface area contributed by atoms with E-state index in [1.165, 1.54) is 0 Å². The zero-order chi connectivity index (χ0) is 14.9. The molecule has 2 bridgehead atoms. The highest BCUT2D eigenvalue weighted by Gasteiger charge is 2.66. The van der Waals surface area contributed by atoms with Gasteiger partial charge in [0.15, 0.2) is 12.2 Å². The Labute approximate surface area is 110 Å². The summed E-state index contributed by atoms with van der Waals surface area (Å²) in [5.41, 5.74) is 0. The third kappa shape index (κ3) is 1.66. The summed E-state index contributed by atoms with van der Waals surface area (Å²) in [4.78, 5) is 22.5. The summed E-state index contributed by atoms with van der Waals surface area (Å²) in [6.45, 7) is 0. The van der Waals surface area contributed by atoms with Crippen molar-refractivity contribution in [2.24, 2.45) is 5.92 Å². The summed E-state index contributed by atoms with van der Waals surface area (Å²) in [5.74, 6) is -3.51. The second-order valence-electron chi connectivity index (χ2n) is 4.74. The molecule has 3 saturated heterocycles. The normalized spacial score (nSPS) is 39.0. The van der Waals surface area contributed by atoms with Crippen molar-refractivity contribution >= 4 is 22.1 Å². The van der Waals surface area contributed by atoms with E-state index in [4.69, 9.17) is 14.0 Å². The number of esters is 2. The molecule has 0 aromatic carbocycles. The lowest BCUT2D eigenvalue weighted by Crippen LogP contribution is -2.46. The Hall–Kier alpha value is -1.33. The Balaban J connectivity index is 1.77. The molecule has 3 aliphatic rings. The summed E-state index contributed by atoms with van der Waals surface area (Å²) < 4.78 is 69.8. The van der Waals surface area contributed by atoms with Crippen LogP contribution in [0.5, 0.6) is 0 Å². The molecule has 20 heavy (non-hydrogen) atoms. The highest BCUT2D eigenvalue weighted by Crippen LogP contribution is 2.47. The minimum atomic E-state index is -5.94. The van der Waals surface area contributed by atoms with E-state index in [0.29, 0.717) is 0 Å². The Morgan fingerprint density at radius 1 is 1.40 bits per heavy atom. The Morgan fingerprint density at radius 3 is 2.65 bits per heavy atom. The molecule has 0 aromatic heterocycles. The van der Waals surface area contributed by atoms with Gasteiger partial charge >= 0.3 is 27.3 Å². The summed E-state index contributed by atoms with van der Waals surface area (Å²) in [6, 6.07) is 0. The molecule has 3 heterocycles. The van der Waals surface area contributed by atoms with Gasteiger partial charge in [-0.2, -0.15) is 17.2 Å². The van der Waals surface area contributed by atoms with Crippen molar-refractivity contribution in [3.63, 3.8) is 0 Å². The molecule has 0 saturated carbocycles. The van der Waals surface area contributed by atoms with Crippen molar-refractivity contribution in [2.45, 2.75) is 36.1 Å². The number of rotatable bonds is 3. The molecule has 0 radical (unpaired) electrons. The van der Waals surface area contributed by atoms with Crippen LogP contribution in [0.4, 0.5) is 8.78 Å². The van der Waals surface area contributed by atoms with Gasteiger partial charge in [0.05, 0.1) is 12.0 Å². The molecule has 8 nitrogen and oxygen atoms in total. The first-order chi connectivity index (χ1) is 9.13. The van der Waals surface area contributed by atoms with Gasteiger partial charge < -0.3 is 14.2 Å². The van der Waals surface area contributed by atoms with Crippen LogP contribution in [0, 0.1) is 5.92 Å². The quantitative estimate of drug-likeness (QED) is 0.526. The second-order valence-corrected chi connectivity index (χ2v) is 6.21. The lowest BCUT2D eigenvalue weighted by molar-refractivity contribution is -0.175. The average Bonchev–Trinajstić information content (AvgIpc) is 2.91. The maximum Gasteiger partial charge on any atom is 0.465 e. The van der Waals surface area contributed by atoms with E-state index >= 15 is 0 Å². The van der Waals surface area contributed by atoms with Gasteiger partial charge in [-0.3, -0.25) is 9.35 Å². The first-order valence-electron chi connectivity index (χ1n) is 5.55. The average molecular weight is 314 g/mol. The summed E-state index contributed by atoms with van der Waals surface area (Å²) in [6.07, 6.45) is -3.66. The molecule has 5 atom stereocenters. The number of fused-ring (bicyclic) bond motifs is 1. The molecule has 0 aromatic rings. The van der Waals surface area contributed by atoms with Crippen LogP contribution in [0.1, 0.15) is 6.42 Å². The molecule has 1 N–H and O–H groups in total. The van der Waals surface area contributed by atoms with E-state index in [1.54, 1.807) is 0 Å². The van der Waals surface area contributed by atoms with Crippen molar-refractivity contribution in [1.29, 1.82) is 0 Å². The van der Waals surface area contributed by atoms with Crippen LogP contribution in [-0.2, 0) is 33.9 Å². The fourth-order valence-electron chi connectivity index (χ4n) is 2.68. The van der Waals surface area contributed by atoms with E-state index in [0.717, 1.165) is 0 Å². The summed E-state index contributed by atoms with van der Waals surface area (Å²) in [7, 11) is -5.94. The van der Waals surface area contributed by atoms with Gasteiger partial charge in [0.1, 0.15) is 6.10 Å². The van der Waals surface area contributed by atoms with Crippen LogP contribution in [0.25, 0.3) is 0 Å². The number of hydrogen-bond donors (Lipinski definition) is 1. The van der Waals surface area contributed by atoms with Crippen LogP contribution in [0.2, 0.25) is 0 Å². The van der Waals surface area contributed by atoms with Gasteiger partial charge in [-0.25, -0.2) is 4.79 Å². The third-order valence-electron chi connectivity index (χ3n) is 3.59. The first-order valence-corrected chi connectivity index (χ1v) is 6.99. The zero-order valence-corrected chi connectivity index (χ0v) is 10.4. The van der Waals surface area contributed by atoms with E-state index in [-0.39, 0.29) is 6.42 Å². The molecule has 11 heteroatoms. The monoisotopic (exact) mass is 314 g/mol. The third-order valence-corrected chi connectivity index (χ3v) is 4.40. The van der Waals surface area contributed by atoms with Crippen LogP contribution in [-0.4, -0.2) is 54.6 Å². The molecular formula is C9H8F2O8S. The molecule has 0 spiro atoms. The predicted molar refractivity (Wildman–Crippen MR) is 53.0 cm³/mol. The number of carbonyl (C=O) groups is 2. The van der Waals surface area contributed by atoms with Crippen molar-refractivity contribution in [1.82, 2.24) is 0 Å². The van der Waals surface area contributed by atoms with E-state index in [2.05, 4.69) is 4.74 Å². The van der Waals surface area contributed by atoms with E-state index < -0.39 is 57.6 Å². The lowest BCUT2D eigenvalue weighted by Gasteiger charge is -2.23. The predicted octanol–water partition coefficient (Wildman–Crippen LogP) is -0.908. The Morgan fingerprint density at radius 2 is 2.05 bits per heavy atom. The fourth-order valence-corrected chi connectivity index (χ4v) is 2.94. The van der Waals surface area contributed by atoms with Crippen LogP contribution in [0.3, 0.4) is 0 Å². The number of carbonyl (C=O) groups excluding carboxylic acids is 2. The summed E-state index contributed by atoms with van der Waals surface area (Å²) >= 11 is 0. The maximum atomic E-state index is 13.1. The van der Waals surface area contributed by atoms with Crippen molar-refractivity contribution in [3.8, 4) is 0 Å². The first kappa shape index (κ1) is 13.6. The number of ether oxygens (including phenoxy) is 3. The van der Waals surface area contributed by atoms with Crippen molar-refractivity contribution in [2.75, 3.05) is 0 Å². The Bertz CT molecular complexity index is 587. The molecule has 4 unspecified atom stereocenters. The van der Waals surface area contributed by atoms with Gasteiger partial charge in [-0.05, 0) is 6.42 Å². The standard InChI is InChI=1S/C9H8F2O8S/c10-9(11,20(14,15)16)8(13)19-5-3-1-2-4(17-3)6(5)18-7(2)12/h2-6H,1H2,(H,14,15,16)/t2?,3?,4?,5?,6-/m1/s1. The zero-order valence-electron chi connectivity index (χ0n) is 9.56. The van der Waals surface area contributed by atoms with Crippen LogP contribution >= 0.6 is 0 Å². The Kier molecular flexibility index (Phi) is 2.63. The van der Waals surface area contributed by atoms with Gasteiger partial charge in [0.25, 0.3) is 0 Å². The fraction of sp³-hybridized carbons (Fsp3) is 0.778. The van der Waals surface area contributed by atoms with Crippen molar-refractivity contribution < 1.29 is 45.6 Å². The van der Waals surface area contributed by atoms with Gasteiger partial charge in [0, 0.05) is 0 Å². The molecule has 3 fully saturated rings. The SMILES string of the molecule is O=C1O[C@H]2C(OC(=O)C(F)(F)S(=O)(=O)O)C3CC1C2O3.